The Morgan fingerprint density at radius 1 is 1.29 bits per heavy atom. The van der Waals surface area contributed by atoms with Crippen LogP contribution in [0.25, 0.3) is 0 Å². The Morgan fingerprint density at radius 2 is 1.82 bits per heavy atom. The number of hydrogen-bond donors (Lipinski definition) is 1. The zero-order chi connectivity index (χ0) is 13.0. The molecule has 3 heteroatoms. The molecule has 1 unspecified atom stereocenters. The van der Waals surface area contributed by atoms with Gasteiger partial charge < -0.3 is 9.84 Å². The van der Waals surface area contributed by atoms with Crippen LogP contribution >= 0.6 is 0 Å². The molecule has 1 N–H and O–H groups in total. The maximum Gasteiger partial charge on any atom is 0.333 e. The molecule has 17 heavy (non-hydrogen) atoms. The molecule has 0 spiro atoms. The quantitative estimate of drug-likeness (QED) is 0.855. The van der Waals surface area contributed by atoms with Crippen molar-refractivity contribution < 1.29 is 14.6 Å². The molecule has 0 aliphatic carbocycles. The number of carboxylic acids is 1. The van der Waals surface area contributed by atoms with E-state index in [4.69, 9.17) is 9.84 Å². The summed E-state index contributed by atoms with van der Waals surface area (Å²) < 4.78 is 5.25. The Labute approximate surface area is 102 Å². The molecule has 0 aliphatic rings. The number of aliphatic carboxylic acids is 1. The van der Waals surface area contributed by atoms with E-state index in [9.17, 15) is 4.79 Å². The molecule has 1 rings (SSSR count). The van der Waals surface area contributed by atoms with Crippen molar-refractivity contribution in [1.29, 1.82) is 0 Å². The average Bonchev–Trinajstić information content (AvgIpc) is 2.21. The summed E-state index contributed by atoms with van der Waals surface area (Å²) in [6.45, 7) is 8.30. The fourth-order valence-electron chi connectivity index (χ4n) is 2.14. The van der Waals surface area contributed by atoms with Crippen LogP contribution in [0.15, 0.2) is 12.1 Å². The number of hydrogen-bond acceptors (Lipinski definition) is 2. The third-order valence-corrected chi connectivity index (χ3v) is 2.87. The lowest BCUT2D eigenvalue weighted by atomic mass is 9.95. The first kappa shape index (κ1) is 13.7. The van der Waals surface area contributed by atoms with Gasteiger partial charge in [0.25, 0.3) is 0 Å². The number of ether oxygens (including phenoxy) is 1. The summed E-state index contributed by atoms with van der Waals surface area (Å²) in [5.74, 6) is -0.897. The van der Waals surface area contributed by atoms with Crippen LogP contribution in [0.4, 0.5) is 0 Å². The van der Waals surface area contributed by atoms with Crippen LogP contribution in [0.1, 0.15) is 29.2 Å². The third-order valence-electron chi connectivity index (χ3n) is 2.87. The second-order valence-corrected chi connectivity index (χ2v) is 4.36. The van der Waals surface area contributed by atoms with Gasteiger partial charge in [0.1, 0.15) is 0 Å². The minimum atomic E-state index is -0.897. The van der Waals surface area contributed by atoms with Crippen LogP contribution < -0.4 is 0 Å². The molecule has 0 bridgehead atoms. The minimum absolute atomic E-state index is 0.418. The summed E-state index contributed by atoms with van der Waals surface area (Å²) in [5, 5.41) is 9.08. The molecule has 0 saturated heterocycles. The summed E-state index contributed by atoms with van der Waals surface area (Å²) in [4.78, 5) is 11.1. The van der Waals surface area contributed by atoms with Crippen molar-refractivity contribution in [3.8, 4) is 0 Å². The predicted molar refractivity (Wildman–Crippen MR) is 67.4 cm³/mol. The molecule has 0 aromatic heterocycles. The molecule has 94 valence electrons. The van der Waals surface area contributed by atoms with Crippen molar-refractivity contribution in [2.45, 2.75) is 40.2 Å². The van der Waals surface area contributed by atoms with Crippen LogP contribution in [-0.2, 0) is 16.0 Å². The standard InChI is InChI=1S/C14H20O3/c1-5-17-13(14(15)16)8-12-10(3)6-9(2)7-11(12)4/h6-7,13H,5,8H2,1-4H3,(H,15,16). The Morgan fingerprint density at radius 3 is 2.24 bits per heavy atom. The minimum Gasteiger partial charge on any atom is -0.479 e. The van der Waals surface area contributed by atoms with E-state index in [0.717, 1.165) is 16.7 Å². The average molecular weight is 236 g/mol. The molecule has 0 aliphatic heterocycles. The number of rotatable bonds is 5. The van der Waals surface area contributed by atoms with E-state index in [1.54, 1.807) is 0 Å². The van der Waals surface area contributed by atoms with Gasteiger partial charge in [-0.3, -0.25) is 0 Å². The maximum atomic E-state index is 11.1. The molecule has 0 saturated carbocycles. The molecule has 3 nitrogen and oxygen atoms in total. The van der Waals surface area contributed by atoms with E-state index in [1.807, 2.05) is 27.7 Å². The zero-order valence-corrected chi connectivity index (χ0v) is 10.9. The Balaban J connectivity index is 2.97. The molecule has 1 atom stereocenters. The van der Waals surface area contributed by atoms with E-state index in [0.29, 0.717) is 13.0 Å². The largest absolute Gasteiger partial charge is 0.479 e. The van der Waals surface area contributed by atoms with E-state index < -0.39 is 12.1 Å². The summed E-state index contributed by atoms with van der Waals surface area (Å²) >= 11 is 0. The van der Waals surface area contributed by atoms with E-state index in [2.05, 4.69) is 12.1 Å². The number of carbonyl (C=O) groups is 1. The number of aryl methyl sites for hydroxylation is 3. The van der Waals surface area contributed by atoms with Gasteiger partial charge in [0, 0.05) is 13.0 Å². The lowest BCUT2D eigenvalue weighted by Crippen LogP contribution is -2.27. The molecule has 1 aromatic rings. The highest BCUT2D eigenvalue weighted by Crippen LogP contribution is 2.19. The van der Waals surface area contributed by atoms with E-state index in [-0.39, 0.29) is 0 Å². The van der Waals surface area contributed by atoms with Gasteiger partial charge in [-0.2, -0.15) is 0 Å². The second kappa shape index (κ2) is 5.82. The smallest absolute Gasteiger partial charge is 0.333 e. The van der Waals surface area contributed by atoms with Crippen LogP contribution in [0.2, 0.25) is 0 Å². The molecule has 1 aromatic carbocycles. The van der Waals surface area contributed by atoms with Crippen molar-refractivity contribution in [2.75, 3.05) is 6.61 Å². The van der Waals surface area contributed by atoms with Crippen molar-refractivity contribution in [1.82, 2.24) is 0 Å². The summed E-state index contributed by atoms with van der Waals surface area (Å²) in [6.07, 6.45) is -0.318. The van der Waals surface area contributed by atoms with Gasteiger partial charge in [0.2, 0.25) is 0 Å². The molecule has 0 fully saturated rings. The van der Waals surface area contributed by atoms with Crippen LogP contribution in [0.5, 0.6) is 0 Å². The summed E-state index contributed by atoms with van der Waals surface area (Å²) in [6, 6.07) is 4.15. The fourth-order valence-corrected chi connectivity index (χ4v) is 2.14. The Bertz CT molecular complexity index is 387. The van der Waals surface area contributed by atoms with Crippen LogP contribution in [0.3, 0.4) is 0 Å². The first-order valence-electron chi connectivity index (χ1n) is 5.86. The summed E-state index contributed by atoms with van der Waals surface area (Å²) in [5.41, 5.74) is 4.55. The predicted octanol–water partition coefficient (Wildman–Crippen LogP) is 2.64. The van der Waals surface area contributed by atoms with Gasteiger partial charge in [-0.1, -0.05) is 17.7 Å². The highest BCUT2D eigenvalue weighted by molar-refractivity contribution is 5.73. The van der Waals surface area contributed by atoms with E-state index in [1.165, 1.54) is 5.56 Å². The van der Waals surface area contributed by atoms with E-state index >= 15 is 0 Å². The first-order valence-corrected chi connectivity index (χ1v) is 5.86. The Hall–Kier alpha value is -1.35. The van der Waals surface area contributed by atoms with Gasteiger partial charge >= 0.3 is 5.97 Å². The van der Waals surface area contributed by atoms with Gasteiger partial charge in [-0.05, 0) is 44.4 Å². The zero-order valence-electron chi connectivity index (χ0n) is 10.9. The highest BCUT2D eigenvalue weighted by Gasteiger charge is 2.19. The van der Waals surface area contributed by atoms with Crippen molar-refractivity contribution in [2.24, 2.45) is 0 Å². The Kier molecular flexibility index (Phi) is 4.70. The van der Waals surface area contributed by atoms with Gasteiger partial charge in [0.05, 0.1) is 0 Å². The molecule has 0 amide bonds. The maximum absolute atomic E-state index is 11.1. The lowest BCUT2D eigenvalue weighted by molar-refractivity contribution is -0.149. The van der Waals surface area contributed by atoms with Crippen molar-refractivity contribution >= 4 is 5.97 Å². The number of carboxylic acid groups (broad SMARTS) is 1. The first-order chi connectivity index (χ1) is 7.95. The summed E-state index contributed by atoms with van der Waals surface area (Å²) in [7, 11) is 0. The van der Waals surface area contributed by atoms with Crippen molar-refractivity contribution in [3.63, 3.8) is 0 Å². The molecule has 0 heterocycles. The van der Waals surface area contributed by atoms with Crippen molar-refractivity contribution in [3.05, 3.63) is 34.4 Å². The highest BCUT2D eigenvalue weighted by atomic mass is 16.5. The van der Waals surface area contributed by atoms with Gasteiger partial charge in [-0.25, -0.2) is 4.79 Å². The molecular weight excluding hydrogens is 216 g/mol. The van der Waals surface area contributed by atoms with Gasteiger partial charge in [0.15, 0.2) is 6.10 Å². The lowest BCUT2D eigenvalue weighted by Gasteiger charge is -2.16. The normalized spacial score (nSPS) is 12.5. The van der Waals surface area contributed by atoms with Crippen LogP contribution in [-0.4, -0.2) is 23.8 Å². The topological polar surface area (TPSA) is 46.5 Å². The molecule has 0 radical (unpaired) electrons. The monoisotopic (exact) mass is 236 g/mol. The SMILES string of the molecule is CCOC(Cc1c(C)cc(C)cc1C)C(=O)O. The third kappa shape index (κ3) is 3.56. The number of benzene rings is 1. The van der Waals surface area contributed by atoms with Gasteiger partial charge in [-0.15, -0.1) is 0 Å². The molecular formula is C14H20O3. The van der Waals surface area contributed by atoms with Crippen LogP contribution in [0, 0.1) is 20.8 Å². The second-order valence-electron chi connectivity index (χ2n) is 4.36. The fraction of sp³-hybridized carbons (Fsp3) is 0.500.